The maximum Gasteiger partial charge on any atom is 0.408 e. The van der Waals surface area contributed by atoms with Crippen molar-refractivity contribution in [3.8, 4) is 5.75 Å². The van der Waals surface area contributed by atoms with Gasteiger partial charge in [-0.25, -0.2) is 9.59 Å². The number of nitrogens with two attached hydrogens (primary N) is 1. The fourth-order valence-electron chi connectivity index (χ4n) is 5.02. The van der Waals surface area contributed by atoms with Gasteiger partial charge in [0.2, 0.25) is 17.7 Å². The second kappa shape index (κ2) is 15.1. The van der Waals surface area contributed by atoms with Crippen molar-refractivity contribution >= 4 is 29.8 Å². The lowest BCUT2D eigenvalue weighted by molar-refractivity contribution is -0.159. The fourth-order valence-corrected chi connectivity index (χ4v) is 5.02. The summed E-state index contributed by atoms with van der Waals surface area (Å²) in [6.45, 7) is 10.1. The zero-order valence-corrected chi connectivity index (χ0v) is 27.4. The Kier molecular flexibility index (Phi) is 11.8. The molecule has 4 amide bonds. The first-order valence-electron chi connectivity index (χ1n) is 15.4. The minimum absolute atomic E-state index is 0.0941. The fraction of sp³-hybridized carbons (Fsp3) is 0.500. The highest BCUT2D eigenvalue weighted by Crippen LogP contribution is 2.37. The third kappa shape index (κ3) is 10.5. The molecule has 2 aromatic rings. The van der Waals surface area contributed by atoms with E-state index in [1.807, 2.05) is 30.3 Å². The molecule has 1 aliphatic carbocycles. The predicted molar refractivity (Wildman–Crippen MR) is 170 cm³/mol. The van der Waals surface area contributed by atoms with Crippen LogP contribution >= 0.6 is 0 Å². The lowest BCUT2D eigenvalue weighted by Crippen LogP contribution is -2.59. The van der Waals surface area contributed by atoms with Gasteiger partial charge in [-0.3, -0.25) is 14.4 Å². The van der Waals surface area contributed by atoms with Crippen molar-refractivity contribution < 1.29 is 38.6 Å². The lowest BCUT2D eigenvalue weighted by atomic mass is 9.87. The standard InChI is InChI=1S/C34H46N4O8/c1-33(2,3)45-31(43)25(19-21-13-8-7-9-14-21)36-29(41)28(23-17-10-11-18-26(23)39)38(22-15-12-16-22)30(42)24(20-27(35)40)37-32(44)46-34(4,5)6/h7-11,13-14,17-18,22,24-25,28,39H,12,15-16,19-20H2,1-6H3,(H2,35,40)(H,36,41)(H,37,44). The van der Waals surface area contributed by atoms with Crippen molar-refractivity contribution in [1.82, 2.24) is 15.5 Å². The molecule has 3 unspecified atom stereocenters. The average molecular weight is 639 g/mol. The number of hydrogen-bond acceptors (Lipinski definition) is 8. The number of benzene rings is 2. The van der Waals surface area contributed by atoms with Crippen LogP contribution in [0.4, 0.5) is 4.79 Å². The number of hydrogen-bond donors (Lipinski definition) is 4. The van der Waals surface area contributed by atoms with Crippen molar-refractivity contribution in [2.45, 2.75) is 109 Å². The molecule has 0 spiro atoms. The molecule has 12 heteroatoms. The molecular formula is C34H46N4O8. The van der Waals surface area contributed by atoms with Crippen LogP contribution in [0.2, 0.25) is 0 Å². The van der Waals surface area contributed by atoms with Gasteiger partial charge in [0.15, 0.2) is 0 Å². The summed E-state index contributed by atoms with van der Waals surface area (Å²) < 4.78 is 11.0. The highest BCUT2D eigenvalue weighted by atomic mass is 16.6. The van der Waals surface area contributed by atoms with Crippen molar-refractivity contribution in [1.29, 1.82) is 0 Å². The van der Waals surface area contributed by atoms with Gasteiger partial charge in [-0.15, -0.1) is 0 Å². The summed E-state index contributed by atoms with van der Waals surface area (Å²) in [4.78, 5) is 68.2. The number of carbonyl (C=O) groups is 5. The zero-order chi connectivity index (χ0) is 34.2. The molecule has 0 saturated heterocycles. The normalized spacial score (nSPS) is 15.3. The number of primary amides is 1. The number of alkyl carbamates (subject to hydrolysis) is 1. The summed E-state index contributed by atoms with van der Waals surface area (Å²) in [5, 5.41) is 16.2. The number of para-hydroxylation sites is 1. The van der Waals surface area contributed by atoms with Gasteiger partial charge in [0, 0.05) is 18.0 Å². The van der Waals surface area contributed by atoms with Crippen LogP contribution in [0, 0.1) is 0 Å². The first-order chi connectivity index (χ1) is 21.4. The molecule has 250 valence electrons. The van der Waals surface area contributed by atoms with E-state index in [2.05, 4.69) is 10.6 Å². The number of esters is 1. The van der Waals surface area contributed by atoms with Gasteiger partial charge >= 0.3 is 12.1 Å². The van der Waals surface area contributed by atoms with E-state index in [1.165, 1.54) is 17.0 Å². The van der Waals surface area contributed by atoms with E-state index < -0.39 is 71.6 Å². The lowest BCUT2D eigenvalue weighted by Gasteiger charge is -2.43. The topological polar surface area (TPSA) is 177 Å². The van der Waals surface area contributed by atoms with E-state index in [4.69, 9.17) is 15.2 Å². The van der Waals surface area contributed by atoms with Crippen LogP contribution in [0.1, 0.15) is 84.4 Å². The highest BCUT2D eigenvalue weighted by molar-refractivity contribution is 5.96. The van der Waals surface area contributed by atoms with Crippen LogP contribution in [0.25, 0.3) is 0 Å². The summed E-state index contributed by atoms with van der Waals surface area (Å²) in [5.41, 5.74) is 4.58. The largest absolute Gasteiger partial charge is 0.508 e. The van der Waals surface area contributed by atoms with Gasteiger partial charge in [-0.1, -0.05) is 48.5 Å². The summed E-state index contributed by atoms with van der Waals surface area (Å²) in [6.07, 6.45) is 0.397. The first-order valence-corrected chi connectivity index (χ1v) is 15.4. The third-order valence-electron chi connectivity index (χ3n) is 7.17. The minimum Gasteiger partial charge on any atom is -0.508 e. The van der Waals surface area contributed by atoms with Crippen molar-refractivity contribution in [3.05, 3.63) is 65.7 Å². The number of ether oxygens (including phenoxy) is 2. The summed E-state index contributed by atoms with van der Waals surface area (Å²) in [6, 6.07) is 10.6. The van der Waals surface area contributed by atoms with Crippen molar-refractivity contribution in [2.75, 3.05) is 0 Å². The van der Waals surface area contributed by atoms with E-state index in [1.54, 1.807) is 53.7 Å². The van der Waals surface area contributed by atoms with Crippen LogP contribution in [-0.4, -0.2) is 69.1 Å². The summed E-state index contributed by atoms with van der Waals surface area (Å²) in [5.74, 6) is -3.33. The molecule has 0 aliphatic heterocycles. The molecule has 0 heterocycles. The van der Waals surface area contributed by atoms with Gasteiger partial charge in [0.25, 0.3) is 0 Å². The Hall–Kier alpha value is -4.61. The van der Waals surface area contributed by atoms with E-state index >= 15 is 0 Å². The minimum atomic E-state index is -1.47. The Labute approximate surface area is 270 Å². The number of nitrogens with one attached hydrogen (secondary N) is 2. The van der Waals surface area contributed by atoms with E-state index in [-0.39, 0.29) is 17.7 Å². The second-order valence-electron chi connectivity index (χ2n) is 13.4. The maximum atomic E-state index is 14.4. The molecule has 0 bridgehead atoms. The molecule has 0 radical (unpaired) electrons. The Morgan fingerprint density at radius 3 is 1.98 bits per heavy atom. The molecule has 1 saturated carbocycles. The van der Waals surface area contributed by atoms with E-state index in [9.17, 15) is 29.1 Å². The van der Waals surface area contributed by atoms with E-state index in [0.717, 1.165) is 12.0 Å². The second-order valence-corrected chi connectivity index (χ2v) is 13.4. The number of amides is 4. The Morgan fingerprint density at radius 1 is 0.870 bits per heavy atom. The van der Waals surface area contributed by atoms with Crippen molar-refractivity contribution in [3.63, 3.8) is 0 Å². The third-order valence-corrected chi connectivity index (χ3v) is 7.17. The van der Waals surface area contributed by atoms with Crippen LogP contribution in [0.5, 0.6) is 5.75 Å². The monoisotopic (exact) mass is 638 g/mol. The molecule has 1 fully saturated rings. The van der Waals surface area contributed by atoms with Gasteiger partial charge < -0.3 is 35.8 Å². The van der Waals surface area contributed by atoms with Gasteiger partial charge in [0.1, 0.15) is 35.1 Å². The number of rotatable bonds is 12. The molecule has 12 nitrogen and oxygen atoms in total. The first kappa shape index (κ1) is 35.9. The molecule has 46 heavy (non-hydrogen) atoms. The summed E-state index contributed by atoms with van der Waals surface area (Å²) >= 11 is 0. The SMILES string of the molecule is CC(C)(C)OC(=O)NC(CC(N)=O)C(=O)N(C1CCC1)C(C(=O)NC(Cc1ccccc1)C(=O)OC(C)(C)C)c1ccccc1O. The Balaban J connectivity index is 2.07. The zero-order valence-electron chi connectivity index (χ0n) is 27.4. The molecule has 5 N–H and O–H groups in total. The van der Waals surface area contributed by atoms with Crippen LogP contribution in [0.3, 0.4) is 0 Å². The Bertz CT molecular complexity index is 1400. The molecule has 3 rings (SSSR count). The van der Waals surface area contributed by atoms with Gasteiger partial charge in [-0.2, -0.15) is 0 Å². The quantitative estimate of drug-likeness (QED) is 0.255. The molecule has 2 aromatic carbocycles. The number of phenolic OH excluding ortho intramolecular Hbond substituents is 1. The molecule has 1 aliphatic rings. The molecular weight excluding hydrogens is 592 g/mol. The van der Waals surface area contributed by atoms with Crippen LogP contribution in [-0.2, 0) is 35.1 Å². The Morgan fingerprint density at radius 2 is 1.46 bits per heavy atom. The molecule has 0 aromatic heterocycles. The predicted octanol–water partition coefficient (Wildman–Crippen LogP) is 3.65. The maximum absolute atomic E-state index is 14.4. The smallest absolute Gasteiger partial charge is 0.408 e. The number of nitrogens with zero attached hydrogens (tertiary/aromatic N) is 1. The highest BCUT2D eigenvalue weighted by Gasteiger charge is 2.44. The van der Waals surface area contributed by atoms with Gasteiger partial charge in [0.05, 0.1) is 6.42 Å². The van der Waals surface area contributed by atoms with Crippen LogP contribution in [0.15, 0.2) is 54.6 Å². The number of aromatic hydroxyl groups is 1. The number of phenols is 1. The summed E-state index contributed by atoms with van der Waals surface area (Å²) in [7, 11) is 0. The average Bonchev–Trinajstić information content (AvgIpc) is 2.90. The number of carbonyl (C=O) groups excluding carboxylic acids is 5. The van der Waals surface area contributed by atoms with Crippen molar-refractivity contribution in [2.24, 2.45) is 5.73 Å². The molecule has 3 atom stereocenters. The van der Waals surface area contributed by atoms with Crippen LogP contribution < -0.4 is 16.4 Å². The van der Waals surface area contributed by atoms with Gasteiger partial charge in [-0.05, 0) is 72.4 Å². The van der Waals surface area contributed by atoms with E-state index in [0.29, 0.717) is 12.8 Å².